The summed E-state index contributed by atoms with van der Waals surface area (Å²) >= 11 is 1.78. The topological polar surface area (TPSA) is 25.8 Å². The van der Waals surface area contributed by atoms with Crippen molar-refractivity contribution in [1.29, 1.82) is 0 Å². The third kappa shape index (κ3) is 10.7. The maximum absolute atomic E-state index is 4.45. The van der Waals surface area contributed by atoms with Crippen molar-refractivity contribution in [2.45, 2.75) is 123 Å². The number of benzene rings is 1. The number of aryl methyl sites for hydroxylation is 2. The molecular formula is C27H44N2S. The van der Waals surface area contributed by atoms with Crippen molar-refractivity contribution in [2.24, 2.45) is 0 Å². The fourth-order valence-corrected chi connectivity index (χ4v) is 4.87. The van der Waals surface area contributed by atoms with Crippen LogP contribution in [0.15, 0.2) is 24.3 Å². The Kier molecular flexibility index (Phi) is 13.7. The van der Waals surface area contributed by atoms with E-state index in [0.29, 0.717) is 0 Å². The zero-order valence-corrected chi connectivity index (χ0v) is 20.4. The van der Waals surface area contributed by atoms with Gasteiger partial charge in [0.15, 0.2) is 0 Å². The van der Waals surface area contributed by atoms with Crippen LogP contribution in [0.1, 0.15) is 121 Å². The highest BCUT2D eigenvalue weighted by atomic mass is 32.1. The minimum absolute atomic E-state index is 1.08. The molecule has 0 aliphatic heterocycles. The Hall–Kier alpha value is -1.22. The summed E-state index contributed by atoms with van der Waals surface area (Å²) in [5, 5.41) is 11.2. The number of nitrogens with zero attached hydrogens (tertiary/aromatic N) is 2. The largest absolute Gasteiger partial charge is 0.147 e. The lowest BCUT2D eigenvalue weighted by molar-refractivity contribution is 0.564. The van der Waals surface area contributed by atoms with Crippen molar-refractivity contribution < 1.29 is 0 Å². The summed E-state index contributed by atoms with van der Waals surface area (Å²) in [6, 6.07) is 9.02. The number of hydrogen-bond donors (Lipinski definition) is 0. The van der Waals surface area contributed by atoms with Gasteiger partial charge in [-0.3, -0.25) is 0 Å². The summed E-state index contributed by atoms with van der Waals surface area (Å²) in [6.45, 7) is 4.56. The molecule has 2 aromatic rings. The fraction of sp³-hybridized carbons (Fsp3) is 0.704. The predicted octanol–water partition coefficient (Wildman–Crippen LogP) is 9.18. The van der Waals surface area contributed by atoms with Crippen LogP contribution in [0.3, 0.4) is 0 Å². The monoisotopic (exact) mass is 428 g/mol. The van der Waals surface area contributed by atoms with Crippen molar-refractivity contribution in [3.63, 3.8) is 0 Å². The normalized spacial score (nSPS) is 11.3. The SMILES string of the molecule is CCCCCCCCCCCc1nnc(-c2ccc(CCCCCCCC)cc2)s1. The van der Waals surface area contributed by atoms with Crippen molar-refractivity contribution in [2.75, 3.05) is 0 Å². The molecule has 1 aromatic heterocycles. The summed E-state index contributed by atoms with van der Waals surface area (Å²) in [5.41, 5.74) is 2.67. The van der Waals surface area contributed by atoms with Crippen LogP contribution in [0.2, 0.25) is 0 Å². The molecule has 0 atom stereocenters. The van der Waals surface area contributed by atoms with Gasteiger partial charge in [-0.15, -0.1) is 10.2 Å². The third-order valence-electron chi connectivity index (χ3n) is 5.98. The van der Waals surface area contributed by atoms with E-state index in [-0.39, 0.29) is 0 Å². The Morgan fingerprint density at radius 1 is 0.567 bits per heavy atom. The van der Waals surface area contributed by atoms with Crippen LogP contribution in [0, 0.1) is 0 Å². The highest BCUT2D eigenvalue weighted by Crippen LogP contribution is 2.25. The summed E-state index contributed by atoms with van der Waals surface area (Å²) in [6.07, 6.45) is 22.8. The minimum atomic E-state index is 1.08. The smallest absolute Gasteiger partial charge is 0.143 e. The quantitative estimate of drug-likeness (QED) is 0.221. The summed E-state index contributed by atoms with van der Waals surface area (Å²) in [4.78, 5) is 0. The van der Waals surface area contributed by atoms with E-state index in [1.54, 1.807) is 11.3 Å². The molecule has 1 heterocycles. The number of rotatable bonds is 18. The van der Waals surface area contributed by atoms with E-state index in [2.05, 4.69) is 48.3 Å². The number of unbranched alkanes of at least 4 members (excludes halogenated alkanes) is 13. The zero-order chi connectivity index (χ0) is 21.3. The Bertz CT molecular complexity index is 647. The van der Waals surface area contributed by atoms with E-state index >= 15 is 0 Å². The molecule has 0 N–H and O–H groups in total. The molecule has 2 nitrogen and oxygen atoms in total. The van der Waals surface area contributed by atoms with Gasteiger partial charge in [-0.1, -0.05) is 133 Å². The van der Waals surface area contributed by atoms with Gasteiger partial charge in [0.1, 0.15) is 10.0 Å². The van der Waals surface area contributed by atoms with Crippen LogP contribution in [0.25, 0.3) is 10.6 Å². The first kappa shape index (κ1) is 25.0. The molecule has 2 rings (SSSR count). The molecule has 0 bridgehead atoms. The Morgan fingerprint density at radius 3 is 1.63 bits per heavy atom. The molecule has 1 aromatic carbocycles. The highest BCUT2D eigenvalue weighted by Gasteiger charge is 2.07. The average Bonchev–Trinajstić information content (AvgIpc) is 3.24. The summed E-state index contributed by atoms with van der Waals surface area (Å²) in [5.74, 6) is 0. The van der Waals surface area contributed by atoms with Gasteiger partial charge < -0.3 is 0 Å². The maximum atomic E-state index is 4.45. The van der Waals surface area contributed by atoms with E-state index in [9.17, 15) is 0 Å². The second-order valence-corrected chi connectivity index (χ2v) is 9.86. The second-order valence-electron chi connectivity index (χ2n) is 8.79. The maximum Gasteiger partial charge on any atom is 0.147 e. The number of aromatic nitrogens is 2. The molecule has 0 saturated heterocycles. The van der Waals surface area contributed by atoms with Crippen LogP contribution in [-0.4, -0.2) is 10.2 Å². The third-order valence-corrected chi connectivity index (χ3v) is 7.01. The van der Waals surface area contributed by atoms with Gasteiger partial charge in [-0.2, -0.15) is 0 Å². The summed E-state index contributed by atoms with van der Waals surface area (Å²) in [7, 11) is 0. The molecule has 3 heteroatoms. The Morgan fingerprint density at radius 2 is 1.07 bits per heavy atom. The average molecular weight is 429 g/mol. The van der Waals surface area contributed by atoms with Gasteiger partial charge in [0.05, 0.1) is 0 Å². The van der Waals surface area contributed by atoms with E-state index in [1.165, 1.54) is 119 Å². The first-order valence-electron chi connectivity index (χ1n) is 12.7. The van der Waals surface area contributed by atoms with Gasteiger partial charge in [0.2, 0.25) is 0 Å². The van der Waals surface area contributed by atoms with Gasteiger partial charge in [-0.25, -0.2) is 0 Å². The van der Waals surface area contributed by atoms with Crippen LogP contribution in [0.5, 0.6) is 0 Å². The second kappa shape index (κ2) is 16.5. The summed E-state index contributed by atoms with van der Waals surface area (Å²) < 4.78 is 0. The first-order valence-corrected chi connectivity index (χ1v) is 13.6. The zero-order valence-electron chi connectivity index (χ0n) is 19.6. The molecule has 0 amide bonds. The molecule has 0 spiro atoms. The van der Waals surface area contributed by atoms with Gasteiger partial charge in [0.25, 0.3) is 0 Å². The van der Waals surface area contributed by atoms with E-state index in [1.807, 2.05) is 0 Å². The predicted molar refractivity (Wildman–Crippen MR) is 133 cm³/mol. The lowest BCUT2D eigenvalue weighted by atomic mass is 10.0. The Balaban J connectivity index is 1.61. The standard InChI is InChI=1S/C27H44N2S/c1-3-5-7-9-11-12-13-15-17-19-26-28-29-27(30-26)25-22-20-24(21-23-25)18-16-14-10-8-6-4-2/h20-23H,3-19H2,1-2H3. The molecule has 168 valence electrons. The van der Waals surface area contributed by atoms with E-state index in [4.69, 9.17) is 0 Å². The van der Waals surface area contributed by atoms with Crippen LogP contribution >= 0.6 is 11.3 Å². The molecular weight excluding hydrogens is 384 g/mol. The van der Waals surface area contributed by atoms with Crippen molar-refractivity contribution in [3.05, 3.63) is 34.8 Å². The molecule has 0 aliphatic rings. The van der Waals surface area contributed by atoms with Gasteiger partial charge in [0, 0.05) is 12.0 Å². The lowest BCUT2D eigenvalue weighted by Gasteiger charge is -2.03. The van der Waals surface area contributed by atoms with Crippen LogP contribution < -0.4 is 0 Å². The number of hydrogen-bond acceptors (Lipinski definition) is 3. The highest BCUT2D eigenvalue weighted by molar-refractivity contribution is 7.14. The Labute approximate surface area is 189 Å². The van der Waals surface area contributed by atoms with Crippen molar-refractivity contribution >= 4 is 11.3 Å². The van der Waals surface area contributed by atoms with Crippen molar-refractivity contribution in [3.8, 4) is 10.6 Å². The molecule has 0 saturated carbocycles. The molecule has 30 heavy (non-hydrogen) atoms. The fourth-order valence-electron chi connectivity index (χ4n) is 3.98. The van der Waals surface area contributed by atoms with Crippen molar-refractivity contribution in [1.82, 2.24) is 10.2 Å². The van der Waals surface area contributed by atoms with Gasteiger partial charge in [-0.05, 0) is 24.8 Å². The molecule has 0 radical (unpaired) electrons. The van der Waals surface area contributed by atoms with E-state index in [0.717, 1.165) is 11.4 Å². The minimum Gasteiger partial charge on any atom is -0.143 e. The lowest BCUT2D eigenvalue weighted by Crippen LogP contribution is -1.87. The molecule has 0 aliphatic carbocycles. The molecule has 0 unspecified atom stereocenters. The molecule has 0 fully saturated rings. The van der Waals surface area contributed by atoms with E-state index < -0.39 is 0 Å². The van der Waals surface area contributed by atoms with Gasteiger partial charge >= 0.3 is 0 Å². The first-order chi connectivity index (χ1) is 14.8. The van der Waals surface area contributed by atoms with Crippen LogP contribution in [-0.2, 0) is 12.8 Å². The van der Waals surface area contributed by atoms with Crippen LogP contribution in [0.4, 0.5) is 0 Å².